The van der Waals surface area contributed by atoms with Crippen molar-refractivity contribution >= 4 is 11.3 Å². The Bertz CT molecular complexity index is 456. The van der Waals surface area contributed by atoms with E-state index in [1.54, 1.807) is 0 Å². The summed E-state index contributed by atoms with van der Waals surface area (Å²) in [4.78, 5) is 4.09. The number of nitrogens with zero attached hydrogens (tertiary/aromatic N) is 1. The zero-order valence-corrected chi connectivity index (χ0v) is 12.7. The largest absolute Gasteiger partial charge is 0.443 e. The van der Waals surface area contributed by atoms with E-state index in [-0.39, 0.29) is 0 Å². The maximum absolute atomic E-state index is 12.6. The molecule has 2 nitrogen and oxygen atoms in total. The van der Waals surface area contributed by atoms with Gasteiger partial charge in [-0.25, -0.2) is 4.98 Å². The summed E-state index contributed by atoms with van der Waals surface area (Å²) in [7, 11) is 0. The molecule has 0 aromatic carbocycles. The van der Waals surface area contributed by atoms with E-state index in [4.69, 9.17) is 5.73 Å². The van der Waals surface area contributed by atoms with Gasteiger partial charge in [0, 0.05) is 11.1 Å². The van der Waals surface area contributed by atoms with Crippen LogP contribution in [0.1, 0.15) is 55.8 Å². The summed E-state index contributed by atoms with van der Waals surface area (Å²) in [6.07, 6.45) is 1.67. The highest BCUT2D eigenvalue weighted by molar-refractivity contribution is 7.11. The first kappa shape index (κ1) is 15.8. The lowest BCUT2D eigenvalue weighted by Gasteiger charge is -2.37. The van der Waals surface area contributed by atoms with Crippen LogP contribution in [0.5, 0.6) is 0 Å². The normalized spacial score (nSPS) is 28.1. The van der Waals surface area contributed by atoms with Gasteiger partial charge in [0.25, 0.3) is 0 Å². The number of halogens is 3. The Morgan fingerprint density at radius 3 is 2.75 bits per heavy atom. The topological polar surface area (TPSA) is 38.9 Å². The van der Waals surface area contributed by atoms with Crippen molar-refractivity contribution in [3.8, 4) is 0 Å². The smallest absolute Gasteiger partial charge is 0.321 e. The van der Waals surface area contributed by atoms with Crippen LogP contribution < -0.4 is 5.73 Å². The van der Waals surface area contributed by atoms with E-state index in [1.807, 2.05) is 0 Å². The van der Waals surface area contributed by atoms with Crippen LogP contribution in [0.4, 0.5) is 13.2 Å². The van der Waals surface area contributed by atoms with Crippen LogP contribution in [0.25, 0.3) is 0 Å². The first-order valence-corrected chi connectivity index (χ1v) is 7.85. The predicted octanol–water partition coefficient (Wildman–Crippen LogP) is 4.55. The molecule has 0 aliphatic heterocycles. The van der Waals surface area contributed by atoms with Crippen molar-refractivity contribution in [2.45, 2.75) is 57.7 Å². The van der Waals surface area contributed by atoms with Gasteiger partial charge < -0.3 is 5.73 Å². The van der Waals surface area contributed by atoms with E-state index in [9.17, 15) is 13.2 Å². The second-order valence-electron chi connectivity index (χ2n) is 6.28. The van der Waals surface area contributed by atoms with Crippen molar-refractivity contribution in [3.63, 3.8) is 0 Å². The standard InChI is InChI=1S/C14H21F3N2S/c1-9(2)6-10-4-3-5-13(18,7-10)11-8-19-12(20-11)14(15,16)17/h8-10H,3-7,18H2,1-2H3. The summed E-state index contributed by atoms with van der Waals surface area (Å²) in [6, 6.07) is 0. The van der Waals surface area contributed by atoms with Gasteiger partial charge in [0.15, 0.2) is 5.01 Å². The molecule has 20 heavy (non-hydrogen) atoms. The predicted molar refractivity (Wildman–Crippen MR) is 74.4 cm³/mol. The van der Waals surface area contributed by atoms with Crippen molar-refractivity contribution in [2.75, 3.05) is 0 Å². The number of alkyl halides is 3. The number of hydrogen-bond acceptors (Lipinski definition) is 3. The van der Waals surface area contributed by atoms with E-state index in [2.05, 4.69) is 18.8 Å². The Hall–Kier alpha value is -0.620. The molecule has 1 fully saturated rings. The molecule has 1 aromatic rings. The fourth-order valence-electron chi connectivity index (χ4n) is 3.15. The number of thiazole rings is 1. The van der Waals surface area contributed by atoms with Gasteiger partial charge in [0.1, 0.15) is 0 Å². The Balaban J connectivity index is 2.15. The lowest BCUT2D eigenvalue weighted by molar-refractivity contribution is -0.137. The highest BCUT2D eigenvalue weighted by Crippen LogP contribution is 2.44. The highest BCUT2D eigenvalue weighted by Gasteiger charge is 2.40. The monoisotopic (exact) mass is 306 g/mol. The third-order valence-electron chi connectivity index (χ3n) is 3.93. The van der Waals surface area contributed by atoms with Gasteiger partial charge in [0.05, 0.1) is 5.54 Å². The minimum Gasteiger partial charge on any atom is -0.321 e. The third-order valence-corrected chi connectivity index (χ3v) is 5.19. The molecule has 2 N–H and O–H groups in total. The fraction of sp³-hybridized carbons (Fsp3) is 0.786. The molecule has 2 rings (SSSR count). The molecular formula is C14H21F3N2S. The van der Waals surface area contributed by atoms with Crippen LogP contribution in [-0.2, 0) is 11.7 Å². The highest BCUT2D eigenvalue weighted by atomic mass is 32.1. The zero-order valence-electron chi connectivity index (χ0n) is 11.8. The van der Waals surface area contributed by atoms with Crippen molar-refractivity contribution in [1.82, 2.24) is 4.98 Å². The first-order chi connectivity index (χ1) is 9.21. The molecule has 0 spiro atoms. The maximum Gasteiger partial charge on any atom is 0.443 e. The van der Waals surface area contributed by atoms with E-state index >= 15 is 0 Å². The molecule has 2 unspecified atom stereocenters. The van der Waals surface area contributed by atoms with E-state index < -0.39 is 16.7 Å². The van der Waals surface area contributed by atoms with Crippen LogP contribution in [0.2, 0.25) is 0 Å². The van der Waals surface area contributed by atoms with E-state index in [0.717, 1.165) is 32.1 Å². The average molecular weight is 306 g/mol. The third kappa shape index (κ3) is 3.52. The summed E-state index contributed by atoms with van der Waals surface area (Å²) < 4.78 is 37.9. The van der Waals surface area contributed by atoms with Gasteiger partial charge >= 0.3 is 6.18 Å². The van der Waals surface area contributed by atoms with Crippen molar-refractivity contribution in [2.24, 2.45) is 17.6 Å². The fourth-order valence-corrected chi connectivity index (χ4v) is 4.08. The van der Waals surface area contributed by atoms with Crippen molar-refractivity contribution < 1.29 is 13.2 Å². The quantitative estimate of drug-likeness (QED) is 0.889. The second kappa shape index (κ2) is 5.64. The van der Waals surface area contributed by atoms with Gasteiger partial charge in [0.2, 0.25) is 0 Å². The molecule has 1 saturated carbocycles. The molecule has 6 heteroatoms. The average Bonchev–Trinajstić information content (AvgIpc) is 2.77. The number of rotatable bonds is 3. The number of nitrogens with two attached hydrogens (primary N) is 1. The van der Waals surface area contributed by atoms with Crippen LogP contribution in [-0.4, -0.2) is 4.98 Å². The minimum atomic E-state index is -4.37. The Labute approximate surface area is 121 Å². The molecule has 1 aliphatic rings. The van der Waals surface area contributed by atoms with E-state index in [0.29, 0.717) is 28.0 Å². The molecule has 114 valence electrons. The molecule has 0 bridgehead atoms. The van der Waals surface area contributed by atoms with Crippen LogP contribution in [0.15, 0.2) is 6.20 Å². The molecule has 0 amide bonds. The number of hydrogen-bond donors (Lipinski definition) is 1. The Kier molecular flexibility index (Phi) is 4.44. The van der Waals surface area contributed by atoms with E-state index in [1.165, 1.54) is 6.20 Å². The second-order valence-corrected chi connectivity index (χ2v) is 7.31. The van der Waals surface area contributed by atoms with Gasteiger partial charge in [-0.2, -0.15) is 13.2 Å². The van der Waals surface area contributed by atoms with Crippen LogP contribution in [0.3, 0.4) is 0 Å². The van der Waals surface area contributed by atoms with Crippen LogP contribution >= 0.6 is 11.3 Å². The first-order valence-electron chi connectivity index (χ1n) is 7.03. The molecule has 1 aliphatic carbocycles. The molecule has 0 radical (unpaired) electrons. The summed E-state index contributed by atoms with van der Waals surface area (Å²) in [5, 5.41) is -0.789. The number of aromatic nitrogens is 1. The summed E-state index contributed by atoms with van der Waals surface area (Å²) in [5.74, 6) is 1.10. The summed E-state index contributed by atoms with van der Waals surface area (Å²) >= 11 is 0.705. The molecule has 1 heterocycles. The Morgan fingerprint density at radius 1 is 1.50 bits per heavy atom. The lowest BCUT2D eigenvalue weighted by Crippen LogP contribution is -2.41. The maximum atomic E-state index is 12.6. The summed E-state index contributed by atoms with van der Waals surface area (Å²) in [6.45, 7) is 4.34. The lowest BCUT2D eigenvalue weighted by atomic mass is 9.73. The minimum absolute atomic E-state index is 0.505. The molecule has 1 aromatic heterocycles. The van der Waals surface area contributed by atoms with Crippen LogP contribution in [0, 0.1) is 11.8 Å². The Morgan fingerprint density at radius 2 is 2.20 bits per heavy atom. The van der Waals surface area contributed by atoms with Crippen molar-refractivity contribution in [3.05, 3.63) is 16.1 Å². The molecule has 0 saturated heterocycles. The van der Waals surface area contributed by atoms with Gasteiger partial charge in [-0.3, -0.25) is 0 Å². The van der Waals surface area contributed by atoms with Gasteiger partial charge in [-0.1, -0.05) is 26.7 Å². The molecular weight excluding hydrogens is 285 g/mol. The molecule has 2 atom stereocenters. The van der Waals surface area contributed by atoms with Crippen molar-refractivity contribution in [1.29, 1.82) is 0 Å². The zero-order chi connectivity index (χ0) is 15.0. The van der Waals surface area contributed by atoms with Gasteiger partial charge in [-0.05, 0) is 31.1 Å². The van der Waals surface area contributed by atoms with Gasteiger partial charge in [-0.15, -0.1) is 11.3 Å². The SMILES string of the molecule is CC(C)CC1CCCC(N)(c2cnc(C(F)(F)F)s2)C1. The summed E-state index contributed by atoms with van der Waals surface area (Å²) in [5.41, 5.74) is 5.78.